The predicted octanol–water partition coefficient (Wildman–Crippen LogP) is 4.41. The zero-order valence-electron chi connectivity index (χ0n) is 12.4. The van der Waals surface area contributed by atoms with Crippen LogP contribution >= 0.6 is 0 Å². The summed E-state index contributed by atoms with van der Waals surface area (Å²) in [5.74, 6) is -1.04. The Labute approximate surface area is 124 Å². The second kappa shape index (κ2) is 6.81. The molecule has 1 atom stereocenters. The molecule has 1 unspecified atom stereocenters. The number of nitrogens with two attached hydrogens (primary N) is 1. The maximum absolute atomic E-state index is 13.2. The lowest BCUT2D eigenvalue weighted by atomic mass is 9.96. The second-order valence-electron chi connectivity index (χ2n) is 5.90. The molecule has 0 aromatic heterocycles. The van der Waals surface area contributed by atoms with Gasteiger partial charge in [-0.3, -0.25) is 0 Å². The molecule has 2 aromatic rings. The fourth-order valence-corrected chi connectivity index (χ4v) is 2.41. The molecular formula is C18H21F2N. The van der Waals surface area contributed by atoms with Gasteiger partial charge in [-0.05, 0) is 47.6 Å². The van der Waals surface area contributed by atoms with Gasteiger partial charge in [0.25, 0.3) is 0 Å². The van der Waals surface area contributed by atoms with Crippen LogP contribution in [0.15, 0.2) is 42.5 Å². The lowest BCUT2D eigenvalue weighted by Gasteiger charge is -2.13. The van der Waals surface area contributed by atoms with Gasteiger partial charge in [-0.15, -0.1) is 0 Å². The van der Waals surface area contributed by atoms with Gasteiger partial charge < -0.3 is 5.73 Å². The third-order valence-corrected chi connectivity index (χ3v) is 3.49. The first-order valence-corrected chi connectivity index (χ1v) is 7.24. The van der Waals surface area contributed by atoms with Crippen molar-refractivity contribution < 1.29 is 8.78 Å². The first-order chi connectivity index (χ1) is 9.95. The van der Waals surface area contributed by atoms with E-state index in [9.17, 15) is 8.78 Å². The molecule has 2 rings (SSSR count). The Morgan fingerprint density at radius 3 is 2.05 bits per heavy atom. The molecule has 0 spiro atoms. The zero-order valence-corrected chi connectivity index (χ0v) is 12.4. The molecule has 2 aromatic carbocycles. The van der Waals surface area contributed by atoms with E-state index < -0.39 is 11.6 Å². The van der Waals surface area contributed by atoms with Gasteiger partial charge in [0.2, 0.25) is 0 Å². The fourth-order valence-electron chi connectivity index (χ4n) is 2.41. The minimum atomic E-state index is -0.828. The Bertz CT molecular complexity index is 591. The summed E-state index contributed by atoms with van der Waals surface area (Å²) in [6.07, 6.45) is 1.53. The molecule has 0 fully saturated rings. The quantitative estimate of drug-likeness (QED) is 0.867. The minimum Gasteiger partial charge on any atom is -0.324 e. The van der Waals surface area contributed by atoms with Gasteiger partial charge in [0, 0.05) is 6.04 Å². The Kier molecular flexibility index (Phi) is 5.07. The van der Waals surface area contributed by atoms with E-state index in [2.05, 4.69) is 26.0 Å². The maximum Gasteiger partial charge on any atom is 0.159 e. The van der Waals surface area contributed by atoms with Gasteiger partial charge in [-0.1, -0.05) is 44.2 Å². The molecule has 0 radical (unpaired) electrons. The summed E-state index contributed by atoms with van der Waals surface area (Å²) in [7, 11) is 0. The first-order valence-electron chi connectivity index (χ1n) is 7.24. The van der Waals surface area contributed by atoms with Crippen molar-refractivity contribution in [3.05, 3.63) is 70.8 Å². The number of hydrogen-bond donors (Lipinski definition) is 1. The molecule has 0 heterocycles. The largest absolute Gasteiger partial charge is 0.324 e. The highest BCUT2D eigenvalue weighted by Gasteiger charge is 2.10. The Morgan fingerprint density at radius 1 is 0.857 bits per heavy atom. The molecule has 0 bridgehead atoms. The molecule has 1 nitrogen and oxygen atoms in total. The summed E-state index contributed by atoms with van der Waals surface area (Å²) < 4.78 is 26.1. The van der Waals surface area contributed by atoms with Crippen molar-refractivity contribution in [1.29, 1.82) is 0 Å². The monoisotopic (exact) mass is 289 g/mol. The van der Waals surface area contributed by atoms with E-state index in [0.717, 1.165) is 18.1 Å². The third-order valence-electron chi connectivity index (χ3n) is 3.49. The van der Waals surface area contributed by atoms with Crippen LogP contribution in [-0.4, -0.2) is 0 Å². The predicted molar refractivity (Wildman–Crippen MR) is 82.0 cm³/mol. The van der Waals surface area contributed by atoms with Crippen LogP contribution in [0.2, 0.25) is 0 Å². The number of hydrogen-bond acceptors (Lipinski definition) is 1. The maximum atomic E-state index is 13.2. The highest BCUT2D eigenvalue weighted by molar-refractivity contribution is 5.27. The summed E-state index contributed by atoms with van der Waals surface area (Å²) >= 11 is 0. The second-order valence-corrected chi connectivity index (χ2v) is 5.90. The van der Waals surface area contributed by atoms with Crippen LogP contribution in [-0.2, 0) is 12.8 Å². The smallest absolute Gasteiger partial charge is 0.159 e. The van der Waals surface area contributed by atoms with Crippen LogP contribution < -0.4 is 5.73 Å². The van der Waals surface area contributed by atoms with Gasteiger partial charge in [-0.2, -0.15) is 0 Å². The van der Waals surface area contributed by atoms with Crippen LogP contribution in [0.3, 0.4) is 0 Å². The molecule has 0 aliphatic carbocycles. The molecule has 21 heavy (non-hydrogen) atoms. The summed E-state index contributed by atoms with van der Waals surface area (Å²) in [5, 5.41) is 0. The standard InChI is InChI=1S/C18H21F2N/c1-12(2)9-13-3-6-15(7-4-13)18(21)11-14-5-8-16(19)17(20)10-14/h3-8,10,12,18H,9,11,21H2,1-2H3. The van der Waals surface area contributed by atoms with E-state index in [1.807, 2.05) is 12.1 Å². The minimum absolute atomic E-state index is 0.219. The highest BCUT2D eigenvalue weighted by atomic mass is 19.2. The van der Waals surface area contributed by atoms with Crippen molar-refractivity contribution >= 4 is 0 Å². The summed E-state index contributed by atoms with van der Waals surface area (Å²) in [6.45, 7) is 4.37. The van der Waals surface area contributed by atoms with E-state index in [1.165, 1.54) is 11.6 Å². The number of halogens is 2. The molecule has 0 saturated heterocycles. The van der Waals surface area contributed by atoms with Crippen LogP contribution in [0.5, 0.6) is 0 Å². The molecule has 0 saturated carbocycles. The Balaban J connectivity index is 2.05. The van der Waals surface area contributed by atoms with E-state index in [0.29, 0.717) is 17.9 Å². The Hall–Kier alpha value is -1.74. The van der Waals surface area contributed by atoms with E-state index >= 15 is 0 Å². The average molecular weight is 289 g/mol. The van der Waals surface area contributed by atoms with Crippen LogP contribution in [0.1, 0.15) is 36.6 Å². The van der Waals surface area contributed by atoms with Crippen molar-refractivity contribution in [2.45, 2.75) is 32.7 Å². The molecule has 0 aliphatic heterocycles. The average Bonchev–Trinajstić information content (AvgIpc) is 2.43. The van der Waals surface area contributed by atoms with Gasteiger partial charge in [0.05, 0.1) is 0 Å². The summed E-state index contributed by atoms with van der Waals surface area (Å²) in [6, 6.07) is 11.9. The summed E-state index contributed by atoms with van der Waals surface area (Å²) in [5.41, 5.74) is 9.14. The molecule has 112 valence electrons. The number of rotatable bonds is 5. The van der Waals surface area contributed by atoms with Crippen LogP contribution in [0, 0.1) is 17.6 Å². The molecule has 3 heteroatoms. The van der Waals surface area contributed by atoms with Gasteiger partial charge in [0.1, 0.15) is 0 Å². The van der Waals surface area contributed by atoms with Crippen molar-refractivity contribution in [2.75, 3.05) is 0 Å². The zero-order chi connectivity index (χ0) is 15.4. The van der Waals surface area contributed by atoms with Crippen molar-refractivity contribution in [1.82, 2.24) is 0 Å². The normalized spacial score (nSPS) is 12.7. The van der Waals surface area contributed by atoms with Crippen LogP contribution in [0.25, 0.3) is 0 Å². The summed E-state index contributed by atoms with van der Waals surface area (Å²) in [4.78, 5) is 0. The van der Waals surface area contributed by atoms with Crippen molar-refractivity contribution in [3.8, 4) is 0 Å². The lowest BCUT2D eigenvalue weighted by Crippen LogP contribution is -2.13. The molecular weight excluding hydrogens is 268 g/mol. The molecule has 2 N–H and O–H groups in total. The van der Waals surface area contributed by atoms with E-state index in [4.69, 9.17) is 5.73 Å². The van der Waals surface area contributed by atoms with Gasteiger partial charge >= 0.3 is 0 Å². The fraction of sp³-hybridized carbons (Fsp3) is 0.333. The molecule has 0 amide bonds. The first kappa shape index (κ1) is 15.6. The Morgan fingerprint density at radius 2 is 1.48 bits per heavy atom. The lowest BCUT2D eigenvalue weighted by molar-refractivity contribution is 0.506. The highest BCUT2D eigenvalue weighted by Crippen LogP contribution is 2.19. The van der Waals surface area contributed by atoms with Crippen molar-refractivity contribution in [2.24, 2.45) is 11.7 Å². The van der Waals surface area contributed by atoms with Gasteiger partial charge in [0.15, 0.2) is 11.6 Å². The number of benzene rings is 2. The molecule has 0 aliphatic rings. The third kappa shape index (κ3) is 4.36. The van der Waals surface area contributed by atoms with Gasteiger partial charge in [-0.25, -0.2) is 8.78 Å². The van der Waals surface area contributed by atoms with E-state index in [-0.39, 0.29) is 6.04 Å². The topological polar surface area (TPSA) is 26.0 Å². The van der Waals surface area contributed by atoms with E-state index in [1.54, 1.807) is 6.07 Å². The van der Waals surface area contributed by atoms with Crippen LogP contribution in [0.4, 0.5) is 8.78 Å². The SMILES string of the molecule is CC(C)Cc1ccc(C(N)Cc2ccc(F)c(F)c2)cc1. The van der Waals surface area contributed by atoms with Crippen molar-refractivity contribution in [3.63, 3.8) is 0 Å².